The molecule has 2 heterocycles. The molecule has 1 aromatic carbocycles. The molecule has 1 radical (unpaired) electrons. The second-order valence-electron chi connectivity index (χ2n) is 5.90. The van der Waals surface area contributed by atoms with Gasteiger partial charge in [0.25, 0.3) is 0 Å². The Hall–Kier alpha value is -2.47. The number of benzene rings is 1. The molecule has 2 aromatic heterocycles. The summed E-state index contributed by atoms with van der Waals surface area (Å²) in [6.45, 7) is 6.13. The van der Waals surface area contributed by atoms with E-state index in [1.807, 2.05) is 12.1 Å². The summed E-state index contributed by atoms with van der Waals surface area (Å²) in [5, 5.41) is 23.7. The number of hydrogen-bond acceptors (Lipinski definition) is 4. The minimum atomic E-state index is -0.711. The highest BCUT2D eigenvalue weighted by atomic mass is 16.3. The number of nitrogens with zero attached hydrogens (tertiary/aromatic N) is 4. The Kier molecular flexibility index (Phi) is 5.05. The third-order valence-corrected chi connectivity index (χ3v) is 4.29. The van der Waals surface area contributed by atoms with Gasteiger partial charge >= 0.3 is 0 Å². The lowest BCUT2D eigenvalue weighted by atomic mass is 10.0. The van der Waals surface area contributed by atoms with Crippen molar-refractivity contribution in [3.05, 3.63) is 72.2 Å². The number of aryl methyl sites for hydroxylation is 1. The number of aromatic amines is 1. The SMILES string of the molecule is [CH2]c1ccc(C(CC)n2cccc2CCC(O)c2nn[nH]n2)cc1. The second kappa shape index (κ2) is 7.40. The molecule has 0 saturated heterocycles. The minimum Gasteiger partial charge on any atom is -0.385 e. The lowest BCUT2D eigenvalue weighted by molar-refractivity contribution is 0.157. The molecule has 6 heteroatoms. The lowest BCUT2D eigenvalue weighted by Gasteiger charge is -2.21. The van der Waals surface area contributed by atoms with Crippen molar-refractivity contribution < 1.29 is 5.11 Å². The van der Waals surface area contributed by atoms with E-state index in [2.05, 4.69) is 69.5 Å². The predicted molar refractivity (Wildman–Crippen MR) is 91.2 cm³/mol. The molecule has 125 valence electrons. The Labute approximate surface area is 141 Å². The van der Waals surface area contributed by atoms with Gasteiger partial charge in [-0.3, -0.25) is 0 Å². The average Bonchev–Trinajstić information content (AvgIpc) is 3.27. The van der Waals surface area contributed by atoms with E-state index in [-0.39, 0.29) is 6.04 Å². The molecule has 0 aliphatic rings. The van der Waals surface area contributed by atoms with Crippen LogP contribution in [-0.2, 0) is 6.42 Å². The lowest BCUT2D eigenvalue weighted by Crippen LogP contribution is -2.13. The highest BCUT2D eigenvalue weighted by Crippen LogP contribution is 2.26. The van der Waals surface area contributed by atoms with Crippen LogP contribution in [0.1, 0.15) is 54.6 Å². The first kappa shape index (κ1) is 16.4. The van der Waals surface area contributed by atoms with Crippen LogP contribution in [-0.4, -0.2) is 30.3 Å². The monoisotopic (exact) mass is 324 g/mol. The molecular weight excluding hydrogens is 302 g/mol. The first-order valence-corrected chi connectivity index (χ1v) is 8.18. The highest BCUT2D eigenvalue weighted by Gasteiger charge is 2.17. The van der Waals surface area contributed by atoms with Gasteiger partial charge in [0, 0.05) is 11.9 Å². The summed E-state index contributed by atoms with van der Waals surface area (Å²) < 4.78 is 2.28. The Bertz CT molecular complexity index is 748. The first-order chi connectivity index (χ1) is 11.7. The van der Waals surface area contributed by atoms with E-state index < -0.39 is 6.10 Å². The zero-order chi connectivity index (χ0) is 16.9. The molecule has 2 unspecified atom stereocenters. The normalized spacial score (nSPS) is 13.8. The van der Waals surface area contributed by atoms with Gasteiger partial charge in [0.1, 0.15) is 6.10 Å². The van der Waals surface area contributed by atoms with E-state index in [4.69, 9.17) is 0 Å². The molecule has 3 rings (SSSR count). The Morgan fingerprint density at radius 1 is 1.25 bits per heavy atom. The van der Waals surface area contributed by atoms with E-state index in [9.17, 15) is 5.11 Å². The molecule has 0 spiro atoms. The third kappa shape index (κ3) is 3.54. The number of hydrogen-bond donors (Lipinski definition) is 2. The van der Waals surface area contributed by atoms with Gasteiger partial charge in [-0.2, -0.15) is 5.21 Å². The topological polar surface area (TPSA) is 79.6 Å². The molecular formula is C18H22N5O. The quantitative estimate of drug-likeness (QED) is 0.700. The highest BCUT2D eigenvalue weighted by molar-refractivity contribution is 5.28. The van der Waals surface area contributed by atoms with Crippen LogP contribution in [0, 0.1) is 6.92 Å². The molecule has 2 atom stereocenters. The van der Waals surface area contributed by atoms with Gasteiger partial charge in [-0.15, -0.1) is 10.2 Å². The van der Waals surface area contributed by atoms with E-state index >= 15 is 0 Å². The van der Waals surface area contributed by atoms with Crippen LogP contribution in [0.5, 0.6) is 0 Å². The molecule has 6 nitrogen and oxygen atoms in total. The second-order valence-corrected chi connectivity index (χ2v) is 5.90. The summed E-state index contributed by atoms with van der Waals surface area (Å²) in [7, 11) is 0. The van der Waals surface area contributed by atoms with Gasteiger partial charge in [-0.1, -0.05) is 36.4 Å². The van der Waals surface area contributed by atoms with Gasteiger partial charge in [-0.05, 0) is 49.4 Å². The summed E-state index contributed by atoms with van der Waals surface area (Å²) in [5.41, 5.74) is 3.47. The summed E-state index contributed by atoms with van der Waals surface area (Å²) in [6, 6.07) is 12.8. The van der Waals surface area contributed by atoms with Crippen LogP contribution in [0.4, 0.5) is 0 Å². The number of aliphatic hydroxyl groups excluding tert-OH is 1. The van der Waals surface area contributed by atoms with Crippen molar-refractivity contribution in [2.45, 2.75) is 38.3 Å². The Morgan fingerprint density at radius 2 is 2.04 bits per heavy atom. The Balaban J connectivity index is 1.74. The number of aromatic nitrogens is 5. The maximum atomic E-state index is 10.1. The fraction of sp³-hybridized carbons (Fsp3) is 0.333. The maximum absolute atomic E-state index is 10.1. The third-order valence-electron chi connectivity index (χ3n) is 4.29. The van der Waals surface area contributed by atoms with Crippen LogP contribution in [0.15, 0.2) is 42.6 Å². The van der Waals surface area contributed by atoms with Crippen LogP contribution in [0.25, 0.3) is 0 Å². The minimum absolute atomic E-state index is 0.276. The molecule has 0 aliphatic carbocycles. The van der Waals surface area contributed by atoms with Crippen molar-refractivity contribution in [3.8, 4) is 0 Å². The zero-order valence-corrected chi connectivity index (χ0v) is 13.8. The fourth-order valence-electron chi connectivity index (χ4n) is 3.00. The van der Waals surface area contributed by atoms with Crippen molar-refractivity contribution in [3.63, 3.8) is 0 Å². The van der Waals surface area contributed by atoms with Crippen molar-refractivity contribution in [1.29, 1.82) is 0 Å². The number of tetrazole rings is 1. The average molecular weight is 324 g/mol. The fourth-order valence-corrected chi connectivity index (χ4v) is 3.00. The van der Waals surface area contributed by atoms with Gasteiger partial charge < -0.3 is 9.67 Å². The number of H-pyrrole nitrogens is 1. The van der Waals surface area contributed by atoms with Gasteiger partial charge in [0.2, 0.25) is 5.82 Å². The van der Waals surface area contributed by atoms with Gasteiger partial charge in [0.05, 0.1) is 6.04 Å². The Morgan fingerprint density at radius 3 is 2.71 bits per heavy atom. The van der Waals surface area contributed by atoms with Crippen molar-refractivity contribution in [2.75, 3.05) is 0 Å². The number of nitrogens with one attached hydrogen (secondary N) is 1. The van der Waals surface area contributed by atoms with Crippen molar-refractivity contribution >= 4 is 0 Å². The van der Waals surface area contributed by atoms with E-state index in [1.165, 1.54) is 11.3 Å². The standard InChI is InChI=1S/C18H22N5O/c1-3-16(14-8-6-13(2)7-9-14)23-12-4-5-15(23)10-11-17(24)18-19-21-22-20-18/h4-9,12,16-17,24H,2-3,10-11H2,1H3,(H,19,20,21,22). The molecule has 24 heavy (non-hydrogen) atoms. The van der Waals surface area contributed by atoms with Gasteiger partial charge in [-0.25, -0.2) is 0 Å². The summed E-state index contributed by atoms with van der Waals surface area (Å²) in [6.07, 6.45) is 3.68. The number of rotatable bonds is 7. The predicted octanol–water partition coefficient (Wildman–Crippen LogP) is 2.85. The van der Waals surface area contributed by atoms with Gasteiger partial charge in [0.15, 0.2) is 0 Å². The molecule has 0 bridgehead atoms. The van der Waals surface area contributed by atoms with E-state index in [0.717, 1.165) is 18.4 Å². The molecule has 2 N–H and O–H groups in total. The van der Waals surface area contributed by atoms with Crippen molar-refractivity contribution in [1.82, 2.24) is 25.2 Å². The molecule has 0 aliphatic heterocycles. The van der Waals surface area contributed by atoms with Crippen LogP contribution < -0.4 is 0 Å². The van der Waals surface area contributed by atoms with E-state index in [1.54, 1.807) is 0 Å². The maximum Gasteiger partial charge on any atom is 0.202 e. The van der Waals surface area contributed by atoms with Crippen molar-refractivity contribution in [2.24, 2.45) is 0 Å². The summed E-state index contributed by atoms with van der Waals surface area (Å²) in [5.74, 6) is 0.339. The summed E-state index contributed by atoms with van der Waals surface area (Å²) >= 11 is 0. The molecule has 0 amide bonds. The molecule has 0 fully saturated rings. The van der Waals surface area contributed by atoms with Crippen LogP contribution >= 0.6 is 0 Å². The molecule has 3 aromatic rings. The largest absolute Gasteiger partial charge is 0.385 e. The zero-order valence-electron chi connectivity index (χ0n) is 13.8. The van der Waals surface area contributed by atoms with Crippen LogP contribution in [0.2, 0.25) is 0 Å². The smallest absolute Gasteiger partial charge is 0.202 e. The van der Waals surface area contributed by atoms with Crippen LogP contribution in [0.3, 0.4) is 0 Å². The summed E-state index contributed by atoms with van der Waals surface area (Å²) in [4.78, 5) is 0. The first-order valence-electron chi connectivity index (χ1n) is 8.18. The number of aliphatic hydroxyl groups is 1. The van der Waals surface area contributed by atoms with E-state index in [0.29, 0.717) is 12.2 Å². The molecule has 0 saturated carbocycles.